The van der Waals surface area contributed by atoms with Gasteiger partial charge in [0.15, 0.2) is 0 Å². The van der Waals surface area contributed by atoms with Crippen molar-refractivity contribution in [3.8, 4) is 5.75 Å². The minimum atomic E-state index is 0.387. The molecule has 1 atom stereocenters. The van der Waals surface area contributed by atoms with E-state index in [1.807, 2.05) is 31.2 Å². The number of benzene rings is 1. The van der Waals surface area contributed by atoms with Crippen LogP contribution in [0.5, 0.6) is 5.75 Å². The predicted octanol–water partition coefficient (Wildman–Crippen LogP) is 3.46. The van der Waals surface area contributed by atoms with Crippen molar-refractivity contribution in [1.82, 2.24) is 0 Å². The van der Waals surface area contributed by atoms with Gasteiger partial charge in [0.1, 0.15) is 5.75 Å². The van der Waals surface area contributed by atoms with Crippen LogP contribution in [0.4, 0.5) is 0 Å². The summed E-state index contributed by atoms with van der Waals surface area (Å²) in [6.07, 6.45) is 3.58. The lowest BCUT2D eigenvalue weighted by atomic mass is 10.1. The highest BCUT2D eigenvalue weighted by Crippen LogP contribution is 2.10. The molecule has 0 aliphatic rings. The molecular formula is C14H21O2. The molecule has 0 aromatic heterocycles. The maximum absolute atomic E-state index is 5.60. The highest BCUT2D eigenvalue weighted by molar-refractivity contribution is 5.20. The summed E-state index contributed by atoms with van der Waals surface area (Å²) in [6.45, 7) is 5.76. The van der Waals surface area contributed by atoms with Crippen molar-refractivity contribution >= 4 is 0 Å². The Bertz CT molecular complexity index is 259. The molecule has 89 valence electrons. The minimum absolute atomic E-state index is 0.387. The van der Waals surface area contributed by atoms with Crippen LogP contribution in [0.25, 0.3) is 0 Å². The van der Waals surface area contributed by atoms with E-state index in [-0.39, 0.29) is 0 Å². The van der Waals surface area contributed by atoms with Crippen molar-refractivity contribution < 1.29 is 9.47 Å². The van der Waals surface area contributed by atoms with E-state index >= 15 is 0 Å². The predicted molar refractivity (Wildman–Crippen MR) is 65.7 cm³/mol. The molecule has 0 amide bonds. The van der Waals surface area contributed by atoms with E-state index in [4.69, 9.17) is 9.47 Å². The Morgan fingerprint density at radius 1 is 1.25 bits per heavy atom. The third-order valence-corrected chi connectivity index (χ3v) is 2.48. The summed E-state index contributed by atoms with van der Waals surface area (Å²) in [7, 11) is 0. The molecule has 2 heteroatoms. The molecule has 0 saturated carbocycles. The highest BCUT2D eigenvalue weighted by Gasteiger charge is 2.04. The van der Waals surface area contributed by atoms with Crippen LogP contribution >= 0.6 is 0 Å². The van der Waals surface area contributed by atoms with E-state index in [2.05, 4.69) is 13.0 Å². The van der Waals surface area contributed by atoms with Crippen LogP contribution < -0.4 is 4.74 Å². The third kappa shape index (κ3) is 5.17. The van der Waals surface area contributed by atoms with Gasteiger partial charge in [0.25, 0.3) is 0 Å². The summed E-state index contributed by atoms with van der Waals surface area (Å²) < 4.78 is 11.2. The second kappa shape index (κ2) is 8.17. The molecule has 0 aliphatic heterocycles. The summed E-state index contributed by atoms with van der Waals surface area (Å²) in [5.41, 5.74) is 0. The van der Waals surface area contributed by atoms with Crippen LogP contribution in [0.1, 0.15) is 33.1 Å². The van der Waals surface area contributed by atoms with Crippen molar-refractivity contribution in [2.24, 2.45) is 0 Å². The maximum atomic E-state index is 5.60. The summed E-state index contributed by atoms with van der Waals surface area (Å²) in [5.74, 6) is 0.920. The minimum Gasteiger partial charge on any atom is -0.494 e. The Hall–Kier alpha value is -1.02. The molecule has 0 saturated heterocycles. The molecule has 0 heterocycles. The van der Waals surface area contributed by atoms with Crippen molar-refractivity contribution in [3.63, 3.8) is 0 Å². The molecule has 1 aromatic carbocycles. The van der Waals surface area contributed by atoms with Crippen LogP contribution in [-0.4, -0.2) is 19.3 Å². The number of hydrogen-bond donors (Lipinski definition) is 0. The van der Waals surface area contributed by atoms with Crippen molar-refractivity contribution in [2.75, 3.05) is 13.2 Å². The molecule has 16 heavy (non-hydrogen) atoms. The van der Waals surface area contributed by atoms with Crippen LogP contribution in [-0.2, 0) is 4.74 Å². The molecule has 2 nitrogen and oxygen atoms in total. The third-order valence-electron chi connectivity index (χ3n) is 2.48. The smallest absolute Gasteiger partial charge is 0.119 e. The molecule has 0 fully saturated rings. The van der Waals surface area contributed by atoms with Crippen LogP contribution in [0.3, 0.4) is 0 Å². The van der Waals surface area contributed by atoms with Gasteiger partial charge in [-0.05, 0) is 44.4 Å². The molecule has 1 radical (unpaired) electrons. The van der Waals surface area contributed by atoms with Crippen LogP contribution in [0.2, 0.25) is 0 Å². The van der Waals surface area contributed by atoms with Gasteiger partial charge in [-0.25, -0.2) is 0 Å². The topological polar surface area (TPSA) is 18.5 Å². The van der Waals surface area contributed by atoms with Crippen molar-refractivity contribution in [1.29, 1.82) is 0 Å². The lowest BCUT2D eigenvalue weighted by Crippen LogP contribution is -2.13. The van der Waals surface area contributed by atoms with Gasteiger partial charge in [0.05, 0.1) is 12.7 Å². The second-order valence-electron chi connectivity index (χ2n) is 3.71. The molecule has 0 aliphatic carbocycles. The number of ether oxygens (including phenoxy) is 2. The van der Waals surface area contributed by atoms with E-state index < -0.39 is 0 Å². The Balaban J connectivity index is 2.11. The zero-order valence-corrected chi connectivity index (χ0v) is 10.2. The average Bonchev–Trinajstić information content (AvgIpc) is 2.34. The van der Waals surface area contributed by atoms with E-state index in [1.165, 1.54) is 0 Å². The molecule has 1 unspecified atom stereocenters. The van der Waals surface area contributed by atoms with E-state index in [9.17, 15) is 0 Å². The van der Waals surface area contributed by atoms with Gasteiger partial charge in [-0.3, -0.25) is 0 Å². The first kappa shape index (κ1) is 13.0. The van der Waals surface area contributed by atoms with Gasteiger partial charge in [0.2, 0.25) is 0 Å². The standard InChI is InChI=1S/C14H21O2/c1-3-13(15-4-2)11-8-12-16-14-9-6-5-7-10-14/h6-7,9-10,13H,3-4,8,11-12H2,1-2H3. The lowest BCUT2D eigenvalue weighted by Gasteiger charge is -2.14. The largest absolute Gasteiger partial charge is 0.494 e. The Morgan fingerprint density at radius 3 is 2.62 bits per heavy atom. The van der Waals surface area contributed by atoms with Crippen molar-refractivity contribution in [3.05, 3.63) is 30.3 Å². The Labute approximate surface area is 98.6 Å². The fourth-order valence-corrected chi connectivity index (χ4v) is 1.61. The Morgan fingerprint density at radius 2 is 2.00 bits per heavy atom. The summed E-state index contributed by atoms with van der Waals surface area (Å²) in [5, 5.41) is 0. The van der Waals surface area contributed by atoms with Gasteiger partial charge in [-0.15, -0.1) is 0 Å². The van der Waals surface area contributed by atoms with Gasteiger partial charge in [-0.1, -0.05) is 19.1 Å². The molecule has 1 rings (SSSR count). The zero-order chi connectivity index (χ0) is 11.6. The maximum Gasteiger partial charge on any atom is 0.119 e. The zero-order valence-electron chi connectivity index (χ0n) is 10.2. The first-order valence-electron chi connectivity index (χ1n) is 6.07. The first-order chi connectivity index (χ1) is 7.86. The molecule has 0 bridgehead atoms. The molecule has 1 aromatic rings. The van der Waals surface area contributed by atoms with Gasteiger partial charge < -0.3 is 9.47 Å². The van der Waals surface area contributed by atoms with E-state index in [0.717, 1.165) is 38.2 Å². The summed E-state index contributed by atoms with van der Waals surface area (Å²) in [4.78, 5) is 0. The summed E-state index contributed by atoms with van der Waals surface area (Å²) in [6, 6.07) is 10.6. The quantitative estimate of drug-likeness (QED) is 0.626. The van der Waals surface area contributed by atoms with Gasteiger partial charge in [0, 0.05) is 6.61 Å². The summed E-state index contributed by atoms with van der Waals surface area (Å²) >= 11 is 0. The first-order valence-corrected chi connectivity index (χ1v) is 6.07. The highest BCUT2D eigenvalue weighted by atomic mass is 16.5. The van der Waals surface area contributed by atoms with Crippen LogP contribution in [0.15, 0.2) is 24.3 Å². The SMILES string of the molecule is CCOC(CC)CCCOc1cc[c]cc1. The van der Waals surface area contributed by atoms with Crippen LogP contribution in [0, 0.1) is 6.07 Å². The fourth-order valence-electron chi connectivity index (χ4n) is 1.61. The fraction of sp³-hybridized carbons (Fsp3) is 0.571. The van der Waals surface area contributed by atoms with Crippen molar-refractivity contribution in [2.45, 2.75) is 39.2 Å². The lowest BCUT2D eigenvalue weighted by molar-refractivity contribution is 0.0500. The second-order valence-corrected chi connectivity index (χ2v) is 3.71. The van der Waals surface area contributed by atoms with Gasteiger partial charge in [-0.2, -0.15) is 0 Å². The number of hydrogen-bond acceptors (Lipinski definition) is 2. The monoisotopic (exact) mass is 221 g/mol. The molecule has 0 N–H and O–H groups in total. The van der Waals surface area contributed by atoms with E-state index in [0.29, 0.717) is 6.10 Å². The Kier molecular flexibility index (Phi) is 6.66. The number of rotatable bonds is 8. The molecule has 0 spiro atoms. The average molecular weight is 221 g/mol. The van der Waals surface area contributed by atoms with E-state index in [1.54, 1.807) is 0 Å². The molecular weight excluding hydrogens is 200 g/mol. The van der Waals surface area contributed by atoms with Gasteiger partial charge >= 0.3 is 0 Å². The normalized spacial score (nSPS) is 12.4.